The highest BCUT2D eigenvalue weighted by molar-refractivity contribution is 8.00. The molecule has 2 aromatic heterocycles. The molecule has 12 nitrogen and oxygen atoms in total. The second-order valence-electron chi connectivity index (χ2n) is 7.47. The van der Waals surface area contributed by atoms with Gasteiger partial charge in [-0.15, -0.1) is 11.8 Å². The van der Waals surface area contributed by atoms with E-state index in [1.807, 2.05) is 36.0 Å². The minimum Gasteiger partial charge on any atom is -0.543 e. The van der Waals surface area contributed by atoms with Gasteiger partial charge in [-0.3, -0.25) is 14.5 Å². The van der Waals surface area contributed by atoms with Gasteiger partial charge >= 0.3 is 0 Å². The lowest BCUT2D eigenvalue weighted by Crippen LogP contribution is -2.71. The number of carboxylic acids is 1. The Hall–Kier alpha value is -3.52. The minimum atomic E-state index is -1.44. The van der Waals surface area contributed by atoms with Gasteiger partial charge in [-0.1, -0.05) is 5.16 Å². The third-order valence-corrected chi connectivity index (χ3v) is 6.94. The maximum absolute atomic E-state index is 12.9. The van der Waals surface area contributed by atoms with Crippen molar-refractivity contribution < 1.29 is 28.9 Å². The van der Waals surface area contributed by atoms with Crippen LogP contribution in [0.5, 0.6) is 0 Å². The first-order chi connectivity index (χ1) is 16.3. The Morgan fingerprint density at radius 2 is 2.26 bits per heavy atom. The molecule has 0 bridgehead atoms. The standard InChI is InChI=1S/C20H21N7O5S2/c1-3-32-24-12(15-23-20(21)34-25-15)16(28)22-13-17(29)27-14(19(30)31)11(9-33-18(13)27)8-26-6-4-5-10(2)7-26/h4-7,13,18H,3,8-9H2,1-2H3,(H3-,21,22,23,25,28,30,31)/t13?,18-/m1/s1. The number of carbonyl (C=O) groups is 3. The van der Waals surface area contributed by atoms with Crippen molar-refractivity contribution in [1.82, 2.24) is 19.6 Å². The number of aliphatic carboxylic acids is 1. The third kappa shape index (κ3) is 4.59. The van der Waals surface area contributed by atoms with Crippen molar-refractivity contribution in [3.8, 4) is 0 Å². The van der Waals surface area contributed by atoms with E-state index in [1.165, 1.54) is 16.7 Å². The van der Waals surface area contributed by atoms with Crippen LogP contribution in [0.4, 0.5) is 5.13 Å². The van der Waals surface area contributed by atoms with E-state index in [0.717, 1.165) is 17.1 Å². The van der Waals surface area contributed by atoms with Crippen LogP contribution in [0.25, 0.3) is 0 Å². The van der Waals surface area contributed by atoms with Crippen LogP contribution in [0, 0.1) is 6.92 Å². The summed E-state index contributed by atoms with van der Waals surface area (Å²) in [5.41, 5.74) is 6.78. The van der Waals surface area contributed by atoms with Crippen LogP contribution >= 0.6 is 23.3 Å². The molecule has 2 atom stereocenters. The van der Waals surface area contributed by atoms with Crippen LogP contribution in [0.15, 0.2) is 41.0 Å². The van der Waals surface area contributed by atoms with Crippen LogP contribution in [-0.2, 0) is 25.8 Å². The number of fused-ring (bicyclic) bond motifs is 1. The molecule has 4 rings (SSSR count). The number of oxime groups is 1. The van der Waals surface area contributed by atoms with Gasteiger partial charge < -0.3 is 25.8 Å². The molecule has 2 aliphatic heterocycles. The Morgan fingerprint density at radius 3 is 2.91 bits per heavy atom. The number of rotatable bonds is 8. The number of carbonyl (C=O) groups excluding carboxylic acids is 3. The fourth-order valence-corrected chi connectivity index (χ4v) is 5.39. The summed E-state index contributed by atoms with van der Waals surface area (Å²) in [6.07, 6.45) is 3.71. The van der Waals surface area contributed by atoms with Gasteiger partial charge in [0.15, 0.2) is 24.1 Å². The first kappa shape index (κ1) is 23.6. The van der Waals surface area contributed by atoms with E-state index in [2.05, 4.69) is 19.8 Å². The Morgan fingerprint density at radius 1 is 1.47 bits per heavy atom. The van der Waals surface area contributed by atoms with Crippen LogP contribution in [-0.4, -0.2) is 61.5 Å². The number of nitrogens with two attached hydrogens (primary N) is 1. The van der Waals surface area contributed by atoms with Crippen molar-refractivity contribution in [3.05, 3.63) is 47.2 Å². The van der Waals surface area contributed by atoms with Crippen LogP contribution in [0.2, 0.25) is 0 Å². The number of β-lactam (4-membered cyclic amide) rings is 1. The summed E-state index contributed by atoms with van der Waals surface area (Å²) < 4.78 is 5.82. The largest absolute Gasteiger partial charge is 0.543 e. The number of carboxylic acid groups (broad SMARTS) is 1. The molecule has 0 aliphatic carbocycles. The molecule has 0 saturated carbocycles. The molecule has 2 aliphatic rings. The summed E-state index contributed by atoms with van der Waals surface area (Å²) >= 11 is 2.24. The van der Waals surface area contributed by atoms with Crippen molar-refractivity contribution in [3.63, 3.8) is 0 Å². The van der Waals surface area contributed by atoms with Gasteiger partial charge in [0.2, 0.25) is 11.5 Å². The highest BCUT2D eigenvalue weighted by Crippen LogP contribution is 2.40. The summed E-state index contributed by atoms with van der Waals surface area (Å²) in [7, 11) is 0. The number of hydrogen-bond acceptors (Lipinski definition) is 11. The normalized spacial score (nSPS) is 20.0. The summed E-state index contributed by atoms with van der Waals surface area (Å²) in [5.74, 6) is -2.40. The zero-order valence-electron chi connectivity index (χ0n) is 18.3. The number of nitrogens with zero attached hydrogens (tertiary/aromatic N) is 5. The summed E-state index contributed by atoms with van der Waals surface area (Å²) in [4.78, 5) is 47.9. The molecule has 0 radical (unpaired) electrons. The van der Waals surface area contributed by atoms with Gasteiger partial charge in [-0.05, 0) is 19.9 Å². The first-order valence-corrected chi connectivity index (χ1v) is 12.1. The van der Waals surface area contributed by atoms with Gasteiger partial charge in [0.05, 0.1) is 11.7 Å². The lowest BCUT2D eigenvalue weighted by Gasteiger charge is -2.50. The molecule has 1 fully saturated rings. The maximum Gasteiger partial charge on any atom is 0.278 e. The molecule has 178 valence electrons. The van der Waals surface area contributed by atoms with E-state index in [9.17, 15) is 19.5 Å². The van der Waals surface area contributed by atoms with Crippen LogP contribution in [0.3, 0.4) is 0 Å². The number of nitrogen functional groups attached to an aromatic ring is 1. The fraction of sp³-hybridized carbons (Fsp3) is 0.350. The molecule has 1 unspecified atom stereocenters. The average molecular weight is 504 g/mol. The SMILES string of the molecule is CCON=C(C(=O)NC1C(=O)N2C(C(=O)[O-])=C(C[n+]3cccc(C)c3)CS[C@H]12)c1nsc(N)n1. The minimum absolute atomic E-state index is 0.0267. The van der Waals surface area contributed by atoms with E-state index < -0.39 is 29.2 Å². The van der Waals surface area contributed by atoms with Crippen molar-refractivity contribution in [2.75, 3.05) is 18.1 Å². The first-order valence-electron chi connectivity index (χ1n) is 10.2. The number of amides is 2. The molecule has 2 aromatic rings. The van der Waals surface area contributed by atoms with Crippen molar-refractivity contribution in [2.45, 2.75) is 31.8 Å². The van der Waals surface area contributed by atoms with Gasteiger partial charge in [0.25, 0.3) is 11.8 Å². The predicted molar refractivity (Wildman–Crippen MR) is 121 cm³/mol. The molecule has 3 N–H and O–H groups in total. The van der Waals surface area contributed by atoms with Crippen LogP contribution in [0.1, 0.15) is 18.3 Å². The van der Waals surface area contributed by atoms with E-state index >= 15 is 0 Å². The molecule has 14 heteroatoms. The van der Waals surface area contributed by atoms with Gasteiger partial charge in [-0.2, -0.15) is 9.36 Å². The topological polar surface area (TPSA) is 167 Å². The Balaban J connectivity index is 1.53. The Kier molecular flexibility index (Phi) is 6.79. The Labute approximate surface area is 202 Å². The van der Waals surface area contributed by atoms with E-state index in [1.54, 1.807) is 6.92 Å². The molecule has 1 saturated heterocycles. The predicted octanol–water partition coefficient (Wildman–Crippen LogP) is -1.44. The number of hydrogen-bond donors (Lipinski definition) is 2. The lowest BCUT2D eigenvalue weighted by atomic mass is 10.0. The van der Waals surface area contributed by atoms with E-state index in [0.29, 0.717) is 17.9 Å². The Bertz CT molecular complexity index is 1210. The monoisotopic (exact) mass is 503 g/mol. The molecule has 4 heterocycles. The second kappa shape index (κ2) is 9.77. The van der Waals surface area contributed by atoms with Crippen molar-refractivity contribution in [1.29, 1.82) is 0 Å². The molecular weight excluding hydrogens is 482 g/mol. The van der Waals surface area contributed by atoms with Crippen LogP contribution < -0.4 is 20.7 Å². The fourth-order valence-electron chi connectivity index (χ4n) is 3.62. The molecular formula is C20H21N7O5S2. The summed E-state index contributed by atoms with van der Waals surface area (Å²) in [5, 5.41) is 17.9. The molecule has 0 spiro atoms. The number of thioether (sulfide) groups is 1. The number of aromatic nitrogens is 3. The summed E-state index contributed by atoms with van der Waals surface area (Å²) in [6.45, 7) is 4.12. The molecule has 2 amide bonds. The third-order valence-electron chi connectivity index (χ3n) is 5.06. The highest BCUT2D eigenvalue weighted by atomic mass is 32.2. The zero-order valence-corrected chi connectivity index (χ0v) is 19.9. The highest BCUT2D eigenvalue weighted by Gasteiger charge is 2.53. The smallest absolute Gasteiger partial charge is 0.278 e. The van der Waals surface area contributed by atoms with Gasteiger partial charge in [-0.25, -0.2) is 4.57 Å². The van der Waals surface area contributed by atoms with Crippen molar-refractivity contribution >= 4 is 51.9 Å². The van der Waals surface area contributed by atoms with Gasteiger partial charge in [0, 0.05) is 34.5 Å². The summed E-state index contributed by atoms with van der Waals surface area (Å²) in [6, 6.07) is 2.84. The van der Waals surface area contributed by atoms with E-state index in [-0.39, 0.29) is 29.0 Å². The average Bonchev–Trinajstić information content (AvgIpc) is 3.23. The maximum atomic E-state index is 12.9. The quantitative estimate of drug-likeness (QED) is 0.190. The second-order valence-corrected chi connectivity index (χ2v) is 9.36. The molecule has 0 aromatic carbocycles. The number of nitrogens with one attached hydrogen (secondary N) is 1. The zero-order chi connectivity index (χ0) is 24.4. The van der Waals surface area contributed by atoms with Crippen molar-refractivity contribution in [2.24, 2.45) is 5.16 Å². The van der Waals surface area contributed by atoms with E-state index in [4.69, 9.17) is 10.6 Å². The number of anilines is 1. The number of aryl methyl sites for hydroxylation is 1. The van der Waals surface area contributed by atoms with Gasteiger partial charge in [0.1, 0.15) is 18.0 Å². The number of pyridine rings is 1. The lowest BCUT2D eigenvalue weighted by molar-refractivity contribution is -0.689. The molecule has 34 heavy (non-hydrogen) atoms.